The molecule has 33 heavy (non-hydrogen) atoms. The van der Waals surface area contributed by atoms with Crippen LogP contribution in [0.3, 0.4) is 0 Å². The number of rotatable bonds is 3. The molecule has 0 fully saturated rings. The second-order valence-corrected chi connectivity index (χ2v) is 9.47. The van der Waals surface area contributed by atoms with Crippen LogP contribution >= 0.6 is 0 Å². The quantitative estimate of drug-likeness (QED) is 0.237. The van der Waals surface area contributed by atoms with Gasteiger partial charge in [-0.05, 0) is 55.0 Å². The first kappa shape index (κ1) is 23.7. The molecule has 0 saturated carbocycles. The van der Waals surface area contributed by atoms with Crippen LogP contribution in [0.4, 0.5) is 17.1 Å². The Labute approximate surface area is 213 Å². The Morgan fingerprint density at radius 1 is 0.848 bits per heavy atom. The summed E-state index contributed by atoms with van der Waals surface area (Å²) in [5.74, 6) is -1.00. The van der Waals surface area contributed by atoms with Crippen molar-refractivity contribution in [3.8, 4) is 0 Å². The number of nitrogens with two attached hydrogens (primary N) is 1. The van der Waals surface area contributed by atoms with E-state index in [0.717, 1.165) is 31.7 Å². The number of hydrogen-bond donors (Lipinski definition) is 3. The van der Waals surface area contributed by atoms with Crippen molar-refractivity contribution in [2.45, 2.75) is 30.6 Å². The van der Waals surface area contributed by atoms with Crippen LogP contribution in [0.2, 0.25) is 0 Å². The van der Waals surface area contributed by atoms with Crippen LogP contribution in [-0.4, -0.2) is 54.1 Å². The fourth-order valence-corrected chi connectivity index (χ4v) is 5.22. The van der Waals surface area contributed by atoms with E-state index in [0.29, 0.717) is 5.69 Å². The Morgan fingerprint density at radius 3 is 2.09 bits per heavy atom. The zero-order valence-electron chi connectivity index (χ0n) is 17.0. The molecular formula is C24H21N2NaO5S. The molecule has 0 spiro atoms. The van der Waals surface area contributed by atoms with E-state index in [4.69, 9.17) is 5.73 Å². The van der Waals surface area contributed by atoms with Crippen molar-refractivity contribution in [2.24, 2.45) is 0 Å². The Hall–Kier alpha value is -2.49. The van der Waals surface area contributed by atoms with Crippen LogP contribution in [0.1, 0.15) is 55.8 Å². The number of nitrogen functional groups attached to an aromatic ring is 1. The van der Waals surface area contributed by atoms with Gasteiger partial charge in [0.15, 0.2) is 11.6 Å². The van der Waals surface area contributed by atoms with E-state index in [1.807, 2.05) is 18.2 Å². The molecule has 0 heterocycles. The van der Waals surface area contributed by atoms with Crippen LogP contribution in [0.5, 0.6) is 0 Å². The summed E-state index contributed by atoms with van der Waals surface area (Å²) >= 11 is 0. The standard InChI is InChI=1S/C24H20N2O5S.Na.H/c25-22-19(32(29,30)31)12-18(26-15-10-9-13-5-1-2-6-14(13)11-15)20-21(22)24(28)17-8-4-3-7-16(17)23(20)27;;/h3-4,7-12,26H,1-2,5-6,25H2,(H,29,30,31);;. The molecule has 3 aromatic rings. The van der Waals surface area contributed by atoms with Crippen molar-refractivity contribution in [1.29, 1.82) is 0 Å². The molecule has 4 N–H and O–H groups in total. The van der Waals surface area contributed by atoms with E-state index in [2.05, 4.69) is 5.32 Å². The normalized spacial score (nSPS) is 14.6. The molecular weight excluding hydrogens is 451 g/mol. The van der Waals surface area contributed by atoms with Crippen molar-refractivity contribution in [3.05, 3.63) is 81.9 Å². The number of hydrogen-bond acceptors (Lipinski definition) is 6. The zero-order valence-corrected chi connectivity index (χ0v) is 17.8. The van der Waals surface area contributed by atoms with E-state index in [1.54, 1.807) is 18.2 Å². The van der Waals surface area contributed by atoms with Crippen molar-refractivity contribution in [2.75, 3.05) is 11.1 Å². The molecule has 0 atom stereocenters. The summed E-state index contributed by atoms with van der Waals surface area (Å²) in [5.41, 5.74) is 8.92. The van der Waals surface area contributed by atoms with Crippen molar-refractivity contribution >= 4 is 68.3 Å². The first-order valence-electron chi connectivity index (χ1n) is 10.3. The van der Waals surface area contributed by atoms with Gasteiger partial charge in [0.05, 0.1) is 22.5 Å². The van der Waals surface area contributed by atoms with Gasteiger partial charge in [0.25, 0.3) is 10.1 Å². The zero-order chi connectivity index (χ0) is 22.6. The molecule has 0 unspecified atom stereocenters. The molecule has 0 aromatic heterocycles. The second kappa shape index (κ2) is 8.70. The SMILES string of the molecule is Nc1c(S(=O)(=O)O)cc(Nc2ccc3c(c2)CCCC3)c2c1C(=O)c1ccccc1C2=O.[NaH]. The van der Waals surface area contributed by atoms with Gasteiger partial charge in [0.1, 0.15) is 4.90 Å². The molecule has 0 radical (unpaired) electrons. The maximum atomic E-state index is 13.4. The van der Waals surface area contributed by atoms with E-state index < -0.39 is 32.3 Å². The Balaban J connectivity index is 0.00000259. The average Bonchev–Trinajstić information content (AvgIpc) is 2.77. The fraction of sp³-hybridized carbons (Fsp3) is 0.167. The monoisotopic (exact) mass is 472 g/mol. The minimum absolute atomic E-state index is 0. The summed E-state index contributed by atoms with van der Waals surface area (Å²) in [4.78, 5) is 26.0. The Morgan fingerprint density at radius 2 is 1.45 bits per heavy atom. The van der Waals surface area contributed by atoms with Gasteiger partial charge in [-0.3, -0.25) is 14.1 Å². The van der Waals surface area contributed by atoms with Crippen LogP contribution in [0.25, 0.3) is 0 Å². The molecule has 0 saturated heterocycles. The molecule has 5 rings (SSSR count). The van der Waals surface area contributed by atoms with Crippen LogP contribution in [0.15, 0.2) is 53.4 Å². The second-order valence-electron chi connectivity index (χ2n) is 8.08. The predicted molar refractivity (Wildman–Crippen MR) is 127 cm³/mol. The third-order valence-corrected chi connectivity index (χ3v) is 7.00. The van der Waals surface area contributed by atoms with Crippen LogP contribution < -0.4 is 11.1 Å². The molecule has 0 bridgehead atoms. The molecule has 9 heteroatoms. The maximum absolute atomic E-state index is 13.4. The number of ketones is 2. The van der Waals surface area contributed by atoms with Crippen molar-refractivity contribution in [3.63, 3.8) is 0 Å². The van der Waals surface area contributed by atoms with Gasteiger partial charge in [-0.25, -0.2) is 0 Å². The number of benzene rings is 3. The molecule has 164 valence electrons. The summed E-state index contributed by atoms with van der Waals surface area (Å²) in [6.07, 6.45) is 4.17. The number of nitrogens with one attached hydrogen (secondary N) is 1. The van der Waals surface area contributed by atoms with E-state index >= 15 is 0 Å². The van der Waals surface area contributed by atoms with Crippen molar-refractivity contribution < 1.29 is 22.6 Å². The van der Waals surface area contributed by atoms with Gasteiger partial charge >= 0.3 is 29.6 Å². The summed E-state index contributed by atoms with van der Waals surface area (Å²) in [6.45, 7) is 0. The third kappa shape index (κ3) is 4.02. The fourth-order valence-electron chi connectivity index (χ4n) is 4.57. The van der Waals surface area contributed by atoms with Crippen LogP contribution in [-0.2, 0) is 23.0 Å². The van der Waals surface area contributed by atoms with E-state index in [1.165, 1.54) is 17.2 Å². The topological polar surface area (TPSA) is 127 Å². The van der Waals surface area contributed by atoms with Gasteiger partial charge in [-0.2, -0.15) is 8.42 Å². The van der Waals surface area contributed by atoms with Gasteiger partial charge in [0, 0.05) is 16.8 Å². The van der Waals surface area contributed by atoms with E-state index in [9.17, 15) is 22.6 Å². The minimum atomic E-state index is -4.74. The summed E-state index contributed by atoms with van der Waals surface area (Å²) in [7, 11) is -4.74. The van der Waals surface area contributed by atoms with Crippen molar-refractivity contribution in [1.82, 2.24) is 0 Å². The van der Waals surface area contributed by atoms with Gasteiger partial charge < -0.3 is 11.1 Å². The molecule has 0 aliphatic heterocycles. The number of anilines is 3. The first-order chi connectivity index (χ1) is 15.3. The van der Waals surface area contributed by atoms with Crippen LogP contribution in [0, 0.1) is 0 Å². The average molecular weight is 472 g/mol. The first-order valence-corrected chi connectivity index (χ1v) is 11.7. The summed E-state index contributed by atoms with van der Waals surface area (Å²) in [6, 6.07) is 13.2. The number of carbonyl (C=O) groups is 2. The molecule has 2 aliphatic rings. The number of fused-ring (bicyclic) bond motifs is 3. The summed E-state index contributed by atoms with van der Waals surface area (Å²) in [5, 5.41) is 3.10. The van der Waals surface area contributed by atoms with E-state index in [-0.39, 0.29) is 57.5 Å². The predicted octanol–water partition coefficient (Wildman–Crippen LogP) is 3.26. The molecule has 2 aliphatic carbocycles. The van der Waals surface area contributed by atoms with Gasteiger partial charge in [-0.1, -0.05) is 30.3 Å². The number of aryl methyl sites for hydroxylation is 2. The van der Waals surface area contributed by atoms with Gasteiger partial charge in [0.2, 0.25) is 0 Å². The Kier molecular flexibility index (Phi) is 6.24. The molecule has 3 aromatic carbocycles. The number of carbonyl (C=O) groups excluding carboxylic acids is 2. The Bertz CT molecular complexity index is 1430. The third-order valence-electron chi connectivity index (χ3n) is 6.11. The summed E-state index contributed by atoms with van der Waals surface area (Å²) < 4.78 is 33.8. The van der Waals surface area contributed by atoms with Gasteiger partial charge in [-0.15, -0.1) is 0 Å². The molecule has 0 amide bonds. The molecule has 7 nitrogen and oxygen atoms in total.